The van der Waals surface area contributed by atoms with E-state index in [1.807, 2.05) is 18.4 Å². The van der Waals surface area contributed by atoms with Crippen LogP contribution in [0.15, 0.2) is 29.6 Å². The second-order valence-corrected chi connectivity index (χ2v) is 6.04. The summed E-state index contributed by atoms with van der Waals surface area (Å²) in [5.74, 6) is -0.747. The molecule has 7 nitrogen and oxygen atoms in total. The summed E-state index contributed by atoms with van der Waals surface area (Å²) in [4.78, 5) is 28.0. The molecule has 0 spiro atoms. The zero-order chi connectivity index (χ0) is 18.1. The van der Waals surface area contributed by atoms with Gasteiger partial charge in [-0.15, -0.1) is 11.3 Å². The number of aryl methyl sites for hydroxylation is 1. The third kappa shape index (κ3) is 5.90. The maximum Gasteiger partial charge on any atom is 0.342 e. The van der Waals surface area contributed by atoms with Crippen LogP contribution in [0.25, 0.3) is 0 Å². The Balaban J connectivity index is 1.91. The van der Waals surface area contributed by atoms with Crippen LogP contribution in [0, 0.1) is 18.3 Å². The summed E-state index contributed by atoms with van der Waals surface area (Å²) in [5.41, 5.74) is 1.02. The first-order valence-electron chi connectivity index (χ1n) is 7.53. The number of para-hydroxylation sites is 1. The number of carbonyl (C=O) groups is 2. The summed E-state index contributed by atoms with van der Waals surface area (Å²) in [5, 5.41) is 13.7. The first-order chi connectivity index (χ1) is 12.1. The van der Waals surface area contributed by atoms with Crippen molar-refractivity contribution in [1.82, 2.24) is 10.3 Å². The Morgan fingerprint density at radius 3 is 2.88 bits per heavy atom. The Kier molecular flexibility index (Phi) is 6.92. The fourth-order valence-electron chi connectivity index (χ4n) is 1.91. The standard InChI is InChI=1S/C17H17N3O4S/c1-12-20-13(11-25-12)9-23-15-6-3-2-5-14(15)17(22)24-10-16(21)19-8-4-7-18/h2-3,5-6,11H,4,8-10H2,1H3,(H,19,21). The first-order valence-corrected chi connectivity index (χ1v) is 8.41. The van der Waals surface area contributed by atoms with Crippen LogP contribution in [-0.4, -0.2) is 30.0 Å². The molecule has 2 aromatic rings. The average Bonchev–Trinajstić information content (AvgIpc) is 3.04. The molecule has 0 aliphatic rings. The Bertz CT molecular complexity index is 782. The monoisotopic (exact) mass is 359 g/mol. The first kappa shape index (κ1) is 18.4. The van der Waals surface area contributed by atoms with Crippen molar-refractivity contribution in [2.24, 2.45) is 0 Å². The molecule has 0 saturated heterocycles. The van der Waals surface area contributed by atoms with E-state index in [0.29, 0.717) is 5.75 Å². The van der Waals surface area contributed by atoms with Gasteiger partial charge in [-0.1, -0.05) is 12.1 Å². The van der Waals surface area contributed by atoms with Crippen molar-refractivity contribution in [3.63, 3.8) is 0 Å². The van der Waals surface area contributed by atoms with Gasteiger partial charge in [-0.3, -0.25) is 4.79 Å². The third-order valence-electron chi connectivity index (χ3n) is 3.04. The van der Waals surface area contributed by atoms with Crippen LogP contribution >= 0.6 is 11.3 Å². The fourth-order valence-corrected chi connectivity index (χ4v) is 2.50. The number of nitriles is 1. The van der Waals surface area contributed by atoms with Crippen LogP contribution < -0.4 is 10.1 Å². The third-order valence-corrected chi connectivity index (χ3v) is 3.86. The second-order valence-electron chi connectivity index (χ2n) is 4.98. The Hall–Kier alpha value is -2.92. The average molecular weight is 359 g/mol. The van der Waals surface area contributed by atoms with Gasteiger partial charge in [0.1, 0.15) is 17.9 Å². The molecule has 0 bridgehead atoms. The molecule has 0 radical (unpaired) electrons. The molecule has 0 aliphatic carbocycles. The van der Waals surface area contributed by atoms with E-state index in [4.69, 9.17) is 14.7 Å². The van der Waals surface area contributed by atoms with E-state index in [9.17, 15) is 9.59 Å². The van der Waals surface area contributed by atoms with E-state index < -0.39 is 18.5 Å². The number of amides is 1. The smallest absolute Gasteiger partial charge is 0.342 e. The lowest BCUT2D eigenvalue weighted by molar-refractivity contribution is -0.124. The van der Waals surface area contributed by atoms with E-state index in [1.165, 1.54) is 11.3 Å². The summed E-state index contributed by atoms with van der Waals surface area (Å²) >= 11 is 1.52. The molecule has 1 aromatic carbocycles. The van der Waals surface area contributed by atoms with E-state index in [1.54, 1.807) is 24.3 Å². The lowest BCUT2D eigenvalue weighted by atomic mass is 10.2. The SMILES string of the molecule is Cc1nc(COc2ccccc2C(=O)OCC(=O)NCCC#N)cs1. The molecule has 0 fully saturated rings. The molecule has 0 saturated carbocycles. The van der Waals surface area contributed by atoms with Crippen LogP contribution in [-0.2, 0) is 16.1 Å². The van der Waals surface area contributed by atoms with Crippen LogP contribution in [0.3, 0.4) is 0 Å². The summed E-state index contributed by atoms with van der Waals surface area (Å²) < 4.78 is 10.6. The fraction of sp³-hybridized carbons (Fsp3) is 0.294. The van der Waals surface area contributed by atoms with E-state index in [-0.39, 0.29) is 25.1 Å². The second kappa shape index (κ2) is 9.39. The summed E-state index contributed by atoms with van der Waals surface area (Å²) in [7, 11) is 0. The number of nitrogens with zero attached hydrogens (tertiary/aromatic N) is 2. The molecule has 0 aliphatic heterocycles. The minimum Gasteiger partial charge on any atom is -0.486 e. The zero-order valence-corrected chi connectivity index (χ0v) is 14.5. The lowest BCUT2D eigenvalue weighted by Crippen LogP contribution is -2.29. The van der Waals surface area contributed by atoms with Crippen molar-refractivity contribution in [1.29, 1.82) is 5.26 Å². The van der Waals surface area contributed by atoms with Crippen molar-refractivity contribution in [2.45, 2.75) is 20.0 Å². The van der Waals surface area contributed by atoms with Crippen molar-refractivity contribution >= 4 is 23.2 Å². The highest BCUT2D eigenvalue weighted by molar-refractivity contribution is 7.09. The van der Waals surface area contributed by atoms with Crippen molar-refractivity contribution in [2.75, 3.05) is 13.2 Å². The minimum atomic E-state index is -0.652. The van der Waals surface area contributed by atoms with Gasteiger partial charge in [0.2, 0.25) is 0 Å². The van der Waals surface area contributed by atoms with Gasteiger partial charge >= 0.3 is 5.97 Å². The number of hydrogen-bond acceptors (Lipinski definition) is 7. The number of nitrogens with one attached hydrogen (secondary N) is 1. The topological polar surface area (TPSA) is 101 Å². The van der Waals surface area contributed by atoms with E-state index >= 15 is 0 Å². The molecule has 1 heterocycles. The van der Waals surface area contributed by atoms with E-state index in [0.717, 1.165) is 10.7 Å². The van der Waals surface area contributed by atoms with Gasteiger partial charge in [0.25, 0.3) is 5.91 Å². The Morgan fingerprint density at radius 2 is 2.16 bits per heavy atom. The molecule has 1 amide bonds. The molecule has 2 rings (SSSR count). The highest BCUT2D eigenvalue weighted by Gasteiger charge is 2.15. The van der Waals surface area contributed by atoms with Crippen LogP contribution in [0.4, 0.5) is 0 Å². The van der Waals surface area contributed by atoms with Crippen molar-refractivity contribution < 1.29 is 19.1 Å². The van der Waals surface area contributed by atoms with Crippen molar-refractivity contribution in [3.05, 3.63) is 45.9 Å². The zero-order valence-electron chi connectivity index (χ0n) is 13.7. The summed E-state index contributed by atoms with van der Waals surface area (Å²) in [6.07, 6.45) is 0.201. The number of ether oxygens (including phenoxy) is 2. The van der Waals surface area contributed by atoms with Gasteiger partial charge < -0.3 is 14.8 Å². The highest BCUT2D eigenvalue weighted by atomic mass is 32.1. The van der Waals surface area contributed by atoms with Crippen LogP contribution in [0.1, 0.15) is 27.5 Å². The number of carbonyl (C=O) groups excluding carboxylic acids is 2. The van der Waals surface area contributed by atoms with Gasteiger partial charge in [0, 0.05) is 11.9 Å². The van der Waals surface area contributed by atoms with Gasteiger partial charge in [-0.2, -0.15) is 5.26 Å². The minimum absolute atomic E-state index is 0.201. The predicted octanol–water partition coefficient (Wildman–Crippen LogP) is 2.22. The number of aromatic nitrogens is 1. The summed E-state index contributed by atoms with van der Waals surface area (Å²) in [6.45, 7) is 1.95. The highest BCUT2D eigenvalue weighted by Crippen LogP contribution is 2.20. The maximum atomic E-state index is 12.2. The van der Waals surface area contributed by atoms with Crippen LogP contribution in [0.5, 0.6) is 5.75 Å². The van der Waals surface area contributed by atoms with Gasteiger partial charge in [-0.05, 0) is 19.1 Å². The number of benzene rings is 1. The normalized spacial score (nSPS) is 9.92. The Morgan fingerprint density at radius 1 is 1.36 bits per heavy atom. The maximum absolute atomic E-state index is 12.2. The number of esters is 1. The van der Waals surface area contributed by atoms with Crippen molar-refractivity contribution in [3.8, 4) is 11.8 Å². The van der Waals surface area contributed by atoms with E-state index in [2.05, 4.69) is 10.3 Å². The number of thiazole rings is 1. The molecule has 1 N–H and O–H groups in total. The molecule has 0 atom stereocenters. The summed E-state index contributed by atoms with van der Waals surface area (Å²) in [6, 6.07) is 8.56. The molecule has 25 heavy (non-hydrogen) atoms. The predicted molar refractivity (Wildman–Crippen MR) is 91.1 cm³/mol. The van der Waals surface area contributed by atoms with Gasteiger partial charge in [0.05, 0.1) is 23.2 Å². The quantitative estimate of drug-likeness (QED) is 0.573. The lowest BCUT2D eigenvalue weighted by Gasteiger charge is -2.10. The molecule has 0 unspecified atom stereocenters. The molecule has 130 valence electrons. The Labute approximate surface area is 149 Å². The molecule has 1 aromatic heterocycles. The molecular formula is C17H17N3O4S. The molecular weight excluding hydrogens is 342 g/mol. The largest absolute Gasteiger partial charge is 0.486 e. The van der Waals surface area contributed by atoms with Crippen LogP contribution in [0.2, 0.25) is 0 Å². The number of hydrogen-bond donors (Lipinski definition) is 1. The van der Waals surface area contributed by atoms with Gasteiger partial charge in [0.15, 0.2) is 6.61 Å². The molecule has 8 heteroatoms. The number of rotatable bonds is 8. The van der Waals surface area contributed by atoms with Gasteiger partial charge in [-0.25, -0.2) is 9.78 Å².